The molecule has 0 saturated heterocycles. The minimum Gasteiger partial charge on any atom is -0.323 e. The molecule has 104 valence electrons. The van der Waals surface area contributed by atoms with E-state index in [1.165, 1.54) is 11.3 Å². The molecule has 0 aliphatic heterocycles. The van der Waals surface area contributed by atoms with E-state index in [9.17, 15) is 9.13 Å². The molecule has 1 aromatic heterocycles. The van der Waals surface area contributed by atoms with Crippen molar-refractivity contribution in [1.82, 2.24) is 0 Å². The topological polar surface area (TPSA) is 115 Å². The van der Waals surface area contributed by atoms with Crippen LogP contribution in [0.25, 0.3) is 0 Å². The van der Waals surface area contributed by atoms with Crippen molar-refractivity contribution in [3.63, 3.8) is 0 Å². The summed E-state index contributed by atoms with van der Waals surface area (Å²) in [6.07, 6.45) is 0. The second-order valence-electron chi connectivity index (χ2n) is 3.98. The highest BCUT2D eigenvalue weighted by atomic mass is 32.2. The highest BCUT2D eigenvalue weighted by molar-refractivity contribution is 8.13. The predicted molar refractivity (Wildman–Crippen MR) is 72.1 cm³/mol. The summed E-state index contributed by atoms with van der Waals surface area (Å²) in [7, 11) is -9.74. The van der Waals surface area contributed by atoms with E-state index in [1.807, 2.05) is 19.2 Å². The molecule has 0 aliphatic carbocycles. The lowest BCUT2D eigenvalue weighted by Gasteiger charge is -2.17. The fourth-order valence-electron chi connectivity index (χ4n) is 1.13. The van der Waals surface area contributed by atoms with Crippen molar-refractivity contribution in [2.45, 2.75) is 28.7 Å². The Kier molecular flexibility index (Phi) is 5.26. The molecule has 18 heavy (non-hydrogen) atoms. The minimum atomic E-state index is -4.87. The van der Waals surface area contributed by atoms with Crippen molar-refractivity contribution in [3.05, 3.63) is 17.0 Å². The molecular weight excluding hydrogens is 318 g/mol. The molecule has 1 rings (SSSR count). The van der Waals surface area contributed by atoms with Crippen LogP contribution in [0.4, 0.5) is 0 Å². The summed E-state index contributed by atoms with van der Waals surface area (Å²) in [6.45, 7) is 3.92. The van der Waals surface area contributed by atoms with Gasteiger partial charge in [0, 0.05) is 0 Å². The van der Waals surface area contributed by atoms with Crippen LogP contribution in [-0.4, -0.2) is 24.3 Å². The quantitative estimate of drug-likeness (QED) is 0.484. The third kappa shape index (κ3) is 4.47. The van der Waals surface area contributed by atoms with Gasteiger partial charge in [0.25, 0.3) is 0 Å². The molecule has 1 aromatic rings. The fourth-order valence-corrected chi connectivity index (χ4v) is 6.77. The summed E-state index contributed by atoms with van der Waals surface area (Å²) in [5.41, 5.74) is 0.970. The Morgan fingerprint density at radius 2 is 1.67 bits per heavy atom. The van der Waals surface area contributed by atoms with Crippen molar-refractivity contribution < 1.29 is 28.7 Å². The largest absolute Gasteiger partial charge is 0.351 e. The lowest BCUT2D eigenvalue weighted by molar-refractivity contribution is 0.352. The highest BCUT2D eigenvalue weighted by Gasteiger charge is 2.44. The summed E-state index contributed by atoms with van der Waals surface area (Å²) < 4.78 is 20.7. The van der Waals surface area contributed by atoms with Gasteiger partial charge in [-0.3, -0.25) is 9.13 Å². The average Bonchev–Trinajstić information content (AvgIpc) is 2.58. The lowest BCUT2D eigenvalue weighted by atomic mass is 10.1. The SMILES string of the molecule is CC(C)c1csc(SC(P(=O)(O)O)P(=O)(O)O)c1. The molecule has 0 spiro atoms. The molecule has 0 aliphatic rings. The van der Waals surface area contributed by atoms with E-state index in [0.29, 0.717) is 16.0 Å². The number of hydrogen-bond acceptors (Lipinski definition) is 4. The molecule has 4 N–H and O–H groups in total. The minimum absolute atomic E-state index is 0.249. The number of thioether (sulfide) groups is 1. The number of hydrogen-bond donors (Lipinski definition) is 4. The van der Waals surface area contributed by atoms with Crippen LogP contribution in [0, 0.1) is 0 Å². The van der Waals surface area contributed by atoms with E-state index in [1.54, 1.807) is 6.07 Å². The van der Waals surface area contributed by atoms with Gasteiger partial charge in [-0.25, -0.2) is 0 Å². The average molecular weight is 332 g/mol. The van der Waals surface area contributed by atoms with Gasteiger partial charge in [-0.1, -0.05) is 25.6 Å². The van der Waals surface area contributed by atoms with Crippen LogP contribution in [0.1, 0.15) is 25.3 Å². The molecule has 10 heteroatoms. The van der Waals surface area contributed by atoms with Crippen LogP contribution in [0.3, 0.4) is 0 Å². The van der Waals surface area contributed by atoms with Crippen molar-refractivity contribution >= 4 is 38.3 Å². The van der Waals surface area contributed by atoms with E-state index in [2.05, 4.69) is 0 Å². The van der Waals surface area contributed by atoms with Crippen molar-refractivity contribution in [2.75, 3.05) is 0 Å². The molecule has 6 nitrogen and oxygen atoms in total. The Morgan fingerprint density at radius 3 is 2.00 bits per heavy atom. The molecule has 0 atom stereocenters. The van der Waals surface area contributed by atoms with Gasteiger partial charge >= 0.3 is 15.2 Å². The Hall–Kier alpha value is 0.350. The first-order valence-corrected chi connectivity index (χ1v) is 9.99. The van der Waals surface area contributed by atoms with Crippen molar-refractivity contribution in [3.8, 4) is 0 Å². The van der Waals surface area contributed by atoms with Gasteiger partial charge in [-0.05, 0) is 22.9 Å². The second-order valence-corrected chi connectivity index (χ2v) is 10.8. The summed E-state index contributed by atoms with van der Waals surface area (Å²) in [5, 5.41) is 1.81. The van der Waals surface area contributed by atoms with E-state index >= 15 is 0 Å². The lowest BCUT2D eigenvalue weighted by Crippen LogP contribution is -2.03. The van der Waals surface area contributed by atoms with Crippen LogP contribution >= 0.6 is 38.3 Å². The Bertz CT molecular complexity index is 479. The fraction of sp³-hybridized carbons (Fsp3) is 0.500. The number of rotatable bonds is 5. The van der Waals surface area contributed by atoms with Crippen LogP contribution < -0.4 is 0 Å². The third-order valence-electron chi connectivity index (χ3n) is 2.06. The molecule has 0 amide bonds. The van der Waals surface area contributed by atoms with Crippen molar-refractivity contribution in [2.24, 2.45) is 0 Å². The Morgan fingerprint density at radius 1 is 1.17 bits per heavy atom. The monoisotopic (exact) mass is 332 g/mol. The maximum absolute atomic E-state index is 11.1. The normalized spacial score (nSPS) is 13.6. The molecule has 0 unspecified atom stereocenters. The first-order chi connectivity index (χ1) is 8.01. The first kappa shape index (κ1) is 16.4. The van der Waals surface area contributed by atoms with Gasteiger partial charge < -0.3 is 19.6 Å². The van der Waals surface area contributed by atoms with Gasteiger partial charge in [-0.2, -0.15) is 0 Å². The van der Waals surface area contributed by atoms with Gasteiger partial charge in [0.05, 0.1) is 4.21 Å². The van der Waals surface area contributed by atoms with Crippen molar-refractivity contribution in [1.29, 1.82) is 0 Å². The zero-order valence-electron chi connectivity index (χ0n) is 9.63. The molecule has 1 heterocycles. The Labute approximate surface area is 113 Å². The summed E-state index contributed by atoms with van der Waals surface area (Å²) in [5.74, 6) is 0.249. The highest BCUT2D eigenvalue weighted by Crippen LogP contribution is 2.66. The van der Waals surface area contributed by atoms with Gasteiger partial charge in [0.15, 0.2) is 0 Å². The molecular formula is C8H14O6P2S2. The zero-order valence-corrected chi connectivity index (χ0v) is 13.0. The second kappa shape index (κ2) is 5.77. The zero-order chi connectivity index (χ0) is 14.1. The van der Waals surface area contributed by atoms with Crippen LogP contribution in [0.5, 0.6) is 0 Å². The van der Waals surface area contributed by atoms with E-state index < -0.39 is 19.9 Å². The van der Waals surface area contributed by atoms with E-state index in [0.717, 1.165) is 5.56 Å². The maximum Gasteiger partial charge on any atom is 0.351 e. The van der Waals surface area contributed by atoms with E-state index in [4.69, 9.17) is 19.6 Å². The summed E-state index contributed by atoms with van der Waals surface area (Å²) >= 11 is 1.75. The summed E-state index contributed by atoms with van der Waals surface area (Å²) in [6, 6.07) is 1.69. The van der Waals surface area contributed by atoms with Crippen LogP contribution in [0.15, 0.2) is 15.7 Å². The molecule has 0 saturated carbocycles. The van der Waals surface area contributed by atoms with Gasteiger partial charge in [0.2, 0.25) is 4.73 Å². The smallest absolute Gasteiger partial charge is 0.323 e. The molecule has 0 radical (unpaired) electrons. The Balaban J connectivity index is 2.98. The maximum atomic E-state index is 11.1. The number of thiophene rings is 1. The van der Waals surface area contributed by atoms with E-state index in [-0.39, 0.29) is 5.92 Å². The standard InChI is InChI=1S/C8H14O6P2S2/c1-5(2)6-3-7(17-4-6)18-8(15(9,10)11)16(12,13)14/h3-5,8H,1-2H3,(H2,9,10,11)(H2,12,13,14). The van der Waals surface area contributed by atoms with Gasteiger partial charge in [0.1, 0.15) is 0 Å². The van der Waals surface area contributed by atoms with Gasteiger partial charge in [-0.15, -0.1) is 11.3 Å². The summed E-state index contributed by atoms with van der Waals surface area (Å²) in [4.78, 5) is 36.0. The molecule has 0 fully saturated rings. The van der Waals surface area contributed by atoms with Crippen LogP contribution in [0.2, 0.25) is 0 Å². The molecule has 0 aromatic carbocycles. The van der Waals surface area contributed by atoms with Crippen LogP contribution in [-0.2, 0) is 9.13 Å². The predicted octanol–water partition coefficient (Wildman–Crippen LogP) is 2.60. The third-order valence-corrected chi connectivity index (χ3v) is 9.17. The molecule has 0 bridgehead atoms. The first-order valence-electron chi connectivity index (χ1n) is 4.87.